The maximum Gasteiger partial charge on any atom is 0.259 e. The number of halogens is 2. The Bertz CT molecular complexity index is 768. The summed E-state index contributed by atoms with van der Waals surface area (Å²) >= 11 is 6.48. The number of phenolic OH excluding ortho intramolecular Hbond substituents is 1. The molecule has 2 aromatic carbocycles. The summed E-state index contributed by atoms with van der Waals surface area (Å²) in [5, 5.41) is 16.6. The topological polar surface area (TPSA) is 73.7 Å². The number of phenols is 1. The van der Waals surface area contributed by atoms with Crippen LogP contribution in [0, 0.1) is 13.8 Å². The molecular weight excluding hydrogens is 438 g/mol. The molecule has 126 valence electrons. The largest absolute Gasteiger partial charge is 0.506 e. The highest BCUT2D eigenvalue weighted by Gasteiger charge is 2.05. The van der Waals surface area contributed by atoms with Crippen LogP contribution in [0.15, 0.2) is 44.4 Å². The molecule has 0 saturated heterocycles. The number of hydrogen-bond donors (Lipinski definition) is 3. The van der Waals surface area contributed by atoms with Crippen LogP contribution in [-0.4, -0.2) is 23.8 Å². The van der Waals surface area contributed by atoms with E-state index in [1.165, 1.54) is 11.8 Å². The Morgan fingerprint density at radius 2 is 1.88 bits per heavy atom. The van der Waals surface area contributed by atoms with E-state index in [2.05, 4.69) is 53.8 Å². The second-order valence-electron chi connectivity index (χ2n) is 5.30. The molecule has 7 heteroatoms. The number of amides is 1. The van der Waals surface area contributed by atoms with Crippen molar-refractivity contribution in [1.29, 1.82) is 0 Å². The van der Waals surface area contributed by atoms with E-state index in [0.717, 1.165) is 16.8 Å². The number of nitrogens with zero attached hydrogens (tertiary/aromatic N) is 1. The van der Waals surface area contributed by atoms with Crippen LogP contribution in [0.1, 0.15) is 16.7 Å². The molecule has 2 aromatic rings. The summed E-state index contributed by atoms with van der Waals surface area (Å²) in [6, 6.07) is 9.39. The van der Waals surface area contributed by atoms with Crippen LogP contribution in [0.25, 0.3) is 0 Å². The molecule has 0 aliphatic carbocycles. The van der Waals surface area contributed by atoms with Crippen LogP contribution in [0.4, 0.5) is 5.69 Å². The molecular formula is C17H17Br2N3O2. The van der Waals surface area contributed by atoms with Crippen molar-refractivity contribution in [2.45, 2.75) is 13.8 Å². The van der Waals surface area contributed by atoms with Gasteiger partial charge in [-0.2, -0.15) is 5.10 Å². The molecule has 24 heavy (non-hydrogen) atoms. The van der Waals surface area contributed by atoms with Crippen molar-refractivity contribution in [3.8, 4) is 5.75 Å². The number of aromatic hydroxyl groups is 1. The molecule has 2 rings (SSSR count). The average molecular weight is 455 g/mol. The Kier molecular flexibility index (Phi) is 6.39. The molecule has 0 aliphatic rings. The van der Waals surface area contributed by atoms with Gasteiger partial charge < -0.3 is 10.4 Å². The quantitative estimate of drug-likeness (QED) is 0.470. The standard InChI is InChI=1S/C17H17Br2N3O2/c1-10-3-4-15(11(2)5-10)20-9-16(23)22-21-8-12-6-13(18)17(24)14(19)7-12/h3-8,20,24H,9H2,1-2H3,(H,22,23)/b21-8+. The Morgan fingerprint density at radius 1 is 1.21 bits per heavy atom. The summed E-state index contributed by atoms with van der Waals surface area (Å²) in [6.07, 6.45) is 1.50. The number of hydrogen-bond acceptors (Lipinski definition) is 4. The lowest BCUT2D eigenvalue weighted by molar-refractivity contribution is -0.119. The molecule has 0 aliphatic heterocycles. The summed E-state index contributed by atoms with van der Waals surface area (Å²) in [4.78, 5) is 11.8. The van der Waals surface area contributed by atoms with E-state index in [9.17, 15) is 9.90 Å². The van der Waals surface area contributed by atoms with Crippen LogP contribution in [0.2, 0.25) is 0 Å². The minimum atomic E-state index is -0.247. The molecule has 0 atom stereocenters. The Balaban J connectivity index is 1.89. The predicted octanol–water partition coefficient (Wildman–Crippen LogP) is 4.10. The Hall–Kier alpha value is -1.86. The molecule has 0 radical (unpaired) electrons. The highest BCUT2D eigenvalue weighted by molar-refractivity contribution is 9.11. The van der Waals surface area contributed by atoms with Crippen molar-refractivity contribution >= 4 is 49.7 Å². The number of carbonyl (C=O) groups is 1. The Morgan fingerprint density at radius 3 is 2.50 bits per heavy atom. The number of carbonyl (C=O) groups excluding carboxylic acids is 1. The van der Waals surface area contributed by atoms with Crippen LogP contribution in [-0.2, 0) is 4.79 Å². The lowest BCUT2D eigenvalue weighted by Gasteiger charge is -2.09. The monoisotopic (exact) mass is 453 g/mol. The van der Waals surface area contributed by atoms with E-state index in [1.807, 2.05) is 26.0 Å². The zero-order valence-electron chi connectivity index (χ0n) is 13.2. The van der Waals surface area contributed by atoms with Crippen LogP contribution < -0.4 is 10.7 Å². The molecule has 0 saturated carbocycles. The second-order valence-corrected chi connectivity index (χ2v) is 7.01. The van der Waals surface area contributed by atoms with Gasteiger partial charge in [0.25, 0.3) is 5.91 Å². The van der Waals surface area contributed by atoms with Crippen LogP contribution >= 0.6 is 31.9 Å². The summed E-state index contributed by atoms with van der Waals surface area (Å²) in [5.74, 6) is -0.128. The van der Waals surface area contributed by atoms with Gasteiger partial charge in [-0.15, -0.1) is 0 Å². The van der Waals surface area contributed by atoms with Crippen molar-refractivity contribution in [2.24, 2.45) is 5.10 Å². The lowest BCUT2D eigenvalue weighted by atomic mass is 10.1. The molecule has 0 heterocycles. The Labute approximate surface area is 157 Å². The second kappa shape index (κ2) is 8.30. The number of rotatable bonds is 5. The van der Waals surface area contributed by atoms with Crippen LogP contribution in [0.5, 0.6) is 5.75 Å². The van der Waals surface area contributed by atoms with E-state index < -0.39 is 0 Å². The van der Waals surface area contributed by atoms with Gasteiger partial charge >= 0.3 is 0 Å². The molecule has 0 spiro atoms. The molecule has 0 aromatic heterocycles. The lowest BCUT2D eigenvalue weighted by Crippen LogP contribution is -2.26. The SMILES string of the molecule is Cc1ccc(NCC(=O)N/N=C/c2cc(Br)c(O)c(Br)c2)c(C)c1. The number of anilines is 1. The van der Waals surface area contributed by atoms with Gasteiger partial charge in [0.15, 0.2) is 0 Å². The first-order chi connectivity index (χ1) is 11.4. The first-order valence-corrected chi connectivity index (χ1v) is 8.76. The number of aryl methyl sites for hydroxylation is 2. The maximum atomic E-state index is 11.8. The number of benzene rings is 2. The summed E-state index contributed by atoms with van der Waals surface area (Å²) in [7, 11) is 0. The van der Waals surface area contributed by atoms with Gasteiger partial charge in [0.2, 0.25) is 0 Å². The first-order valence-electron chi connectivity index (χ1n) is 7.18. The van der Waals surface area contributed by atoms with Crippen molar-refractivity contribution in [3.05, 3.63) is 56.0 Å². The first kappa shape index (κ1) is 18.5. The fourth-order valence-corrected chi connectivity index (χ4v) is 3.29. The van der Waals surface area contributed by atoms with E-state index in [1.54, 1.807) is 12.1 Å². The van der Waals surface area contributed by atoms with Crippen molar-refractivity contribution in [1.82, 2.24) is 5.43 Å². The third-order valence-electron chi connectivity index (χ3n) is 3.26. The van der Waals surface area contributed by atoms with Gasteiger partial charge in [0.1, 0.15) is 5.75 Å². The smallest absolute Gasteiger partial charge is 0.259 e. The third kappa shape index (κ3) is 5.07. The van der Waals surface area contributed by atoms with E-state index >= 15 is 0 Å². The summed E-state index contributed by atoms with van der Waals surface area (Å²) < 4.78 is 1.09. The van der Waals surface area contributed by atoms with Crippen LogP contribution in [0.3, 0.4) is 0 Å². The highest BCUT2D eigenvalue weighted by atomic mass is 79.9. The van der Waals surface area contributed by atoms with Crippen molar-refractivity contribution in [3.63, 3.8) is 0 Å². The van der Waals surface area contributed by atoms with E-state index in [0.29, 0.717) is 8.95 Å². The molecule has 0 bridgehead atoms. The third-order valence-corrected chi connectivity index (χ3v) is 4.47. The molecule has 5 nitrogen and oxygen atoms in total. The van der Waals surface area contributed by atoms with E-state index in [4.69, 9.17) is 0 Å². The predicted molar refractivity (Wildman–Crippen MR) is 104 cm³/mol. The number of nitrogens with one attached hydrogen (secondary N) is 2. The van der Waals surface area contributed by atoms with Gasteiger partial charge in [0.05, 0.1) is 21.7 Å². The minimum Gasteiger partial charge on any atom is -0.506 e. The summed E-state index contributed by atoms with van der Waals surface area (Å²) in [6.45, 7) is 4.15. The van der Waals surface area contributed by atoms with Gasteiger partial charge in [-0.25, -0.2) is 5.43 Å². The zero-order chi connectivity index (χ0) is 17.7. The average Bonchev–Trinajstić information content (AvgIpc) is 2.51. The normalized spacial score (nSPS) is 10.8. The fraction of sp³-hybridized carbons (Fsp3) is 0.176. The van der Waals surface area contributed by atoms with Crippen molar-refractivity contribution < 1.29 is 9.90 Å². The van der Waals surface area contributed by atoms with Gasteiger partial charge in [-0.1, -0.05) is 17.7 Å². The molecule has 0 unspecified atom stereocenters. The minimum absolute atomic E-state index is 0.119. The summed E-state index contributed by atoms with van der Waals surface area (Å²) in [5.41, 5.74) is 6.38. The maximum absolute atomic E-state index is 11.8. The van der Waals surface area contributed by atoms with Crippen molar-refractivity contribution in [2.75, 3.05) is 11.9 Å². The zero-order valence-corrected chi connectivity index (χ0v) is 16.4. The van der Waals surface area contributed by atoms with Gasteiger partial charge in [-0.05, 0) is 75.0 Å². The number of hydrazone groups is 1. The highest BCUT2D eigenvalue weighted by Crippen LogP contribution is 2.32. The molecule has 0 fully saturated rings. The molecule has 3 N–H and O–H groups in total. The van der Waals surface area contributed by atoms with E-state index in [-0.39, 0.29) is 18.2 Å². The fourth-order valence-electron chi connectivity index (χ4n) is 2.07. The van der Waals surface area contributed by atoms with Gasteiger partial charge in [0, 0.05) is 5.69 Å². The van der Waals surface area contributed by atoms with Gasteiger partial charge in [-0.3, -0.25) is 4.79 Å². The molecule has 1 amide bonds.